The molecule has 2 aromatic rings. The van der Waals surface area contributed by atoms with Crippen LogP contribution in [0.25, 0.3) is 0 Å². The average molecular weight is 338 g/mol. The summed E-state index contributed by atoms with van der Waals surface area (Å²) in [5.74, 6) is 0.770. The lowest BCUT2D eigenvalue weighted by Crippen LogP contribution is -2.26. The average Bonchev–Trinajstić information content (AvgIpc) is 3.15. The Morgan fingerprint density at radius 1 is 1.08 bits per heavy atom. The highest BCUT2D eigenvalue weighted by atomic mass is 16.5. The van der Waals surface area contributed by atoms with Crippen molar-refractivity contribution in [1.29, 1.82) is 0 Å². The molecule has 0 aromatic heterocycles. The molecule has 2 aromatic carbocycles. The molecule has 0 spiro atoms. The fraction of sp³-hybridized carbons (Fsp3) is 0.381. The molecule has 0 bridgehead atoms. The van der Waals surface area contributed by atoms with E-state index in [9.17, 15) is 4.79 Å². The van der Waals surface area contributed by atoms with Crippen molar-refractivity contribution in [3.05, 3.63) is 65.2 Å². The van der Waals surface area contributed by atoms with Crippen LogP contribution in [0.15, 0.2) is 48.5 Å². The maximum absolute atomic E-state index is 12.5. The number of nitrogens with one attached hydrogen (secondary N) is 1. The Hall–Kier alpha value is -2.33. The first-order valence-electron chi connectivity index (χ1n) is 8.92. The van der Waals surface area contributed by atoms with Gasteiger partial charge in [0.15, 0.2) is 0 Å². The Balaban J connectivity index is 1.58. The third-order valence-electron chi connectivity index (χ3n) is 4.78. The number of carbonyl (C=O) groups is 1. The third-order valence-corrected chi connectivity index (χ3v) is 4.78. The van der Waals surface area contributed by atoms with Crippen molar-refractivity contribution >= 4 is 5.91 Å². The lowest BCUT2D eigenvalue weighted by Gasteiger charge is -2.16. The maximum Gasteiger partial charge on any atom is 0.251 e. The van der Waals surface area contributed by atoms with Crippen LogP contribution >= 0.6 is 0 Å². The smallest absolute Gasteiger partial charge is 0.251 e. The van der Waals surface area contributed by atoms with Gasteiger partial charge in [-0.25, -0.2) is 0 Å². The molecule has 0 unspecified atom stereocenters. The van der Waals surface area contributed by atoms with E-state index in [0.717, 1.165) is 17.9 Å². The summed E-state index contributed by atoms with van der Waals surface area (Å²) in [7, 11) is 1.65. The molecule has 1 saturated heterocycles. The van der Waals surface area contributed by atoms with Gasteiger partial charge in [0.25, 0.3) is 5.91 Å². The number of nitrogens with zero attached hydrogens (tertiary/aromatic N) is 1. The van der Waals surface area contributed by atoms with Crippen LogP contribution in [0.4, 0.5) is 0 Å². The molecule has 132 valence electrons. The molecule has 1 N–H and O–H groups in total. The van der Waals surface area contributed by atoms with E-state index >= 15 is 0 Å². The Kier molecular flexibility index (Phi) is 5.71. The molecule has 1 fully saturated rings. The number of hydrogen-bond acceptors (Lipinski definition) is 3. The van der Waals surface area contributed by atoms with E-state index in [1.54, 1.807) is 7.11 Å². The van der Waals surface area contributed by atoms with Crippen molar-refractivity contribution in [1.82, 2.24) is 10.2 Å². The normalized spacial score (nSPS) is 15.8. The van der Waals surface area contributed by atoms with Crippen LogP contribution in [-0.4, -0.2) is 31.0 Å². The molecular weight excluding hydrogens is 312 g/mol. The van der Waals surface area contributed by atoms with E-state index in [1.807, 2.05) is 43.3 Å². The molecule has 1 amide bonds. The van der Waals surface area contributed by atoms with Gasteiger partial charge >= 0.3 is 0 Å². The predicted molar refractivity (Wildman–Crippen MR) is 99.8 cm³/mol. The highest BCUT2D eigenvalue weighted by Crippen LogP contribution is 2.18. The minimum absolute atomic E-state index is 0.0453. The van der Waals surface area contributed by atoms with E-state index < -0.39 is 0 Å². The molecule has 4 nitrogen and oxygen atoms in total. The number of carbonyl (C=O) groups excluding carboxylic acids is 1. The predicted octanol–water partition coefficient (Wildman–Crippen LogP) is 3.78. The first-order chi connectivity index (χ1) is 12.2. The van der Waals surface area contributed by atoms with E-state index in [-0.39, 0.29) is 11.9 Å². The summed E-state index contributed by atoms with van der Waals surface area (Å²) in [6, 6.07) is 15.7. The lowest BCUT2D eigenvalue weighted by atomic mass is 10.1. The molecule has 1 heterocycles. The van der Waals surface area contributed by atoms with E-state index in [2.05, 4.69) is 22.3 Å². The summed E-state index contributed by atoms with van der Waals surface area (Å²) < 4.78 is 5.17. The number of ether oxygens (including phenoxy) is 1. The van der Waals surface area contributed by atoms with E-state index in [4.69, 9.17) is 4.74 Å². The quantitative estimate of drug-likeness (QED) is 0.871. The molecule has 0 saturated carbocycles. The lowest BCUT2D eigenvalue weighted by molar-refractivity contribution is 0.0940. The highest BCUT2D eigenvalue weighted by Gasteiger charge is 2.14. The summed E-state index contributed by atoms with van der Waals surface area (Å²) in [5.41, 5.74) is 3.02. The highest BCUT2D eigenvalue weighted by molar-refractivity contribution is 5.94. The van der Waals surface area contributed by atoms with Gasteiger partial charge in [0.1, 0.15) is 5.75 Å². The molecule has 1 aliphatic heterocycles. The van der Waals surface area contributed by atoms with Crippen LogP contribution in [0.3, 0.4) is 0 Å². The first-order valence-corrected chi connectivity index (χ1v) is 8.92. The van der Waals surface area contributed by atoms with Crippen molar-refractivity contribution in [2.24, 2.45) is 0 Å². The zero-order chi connectivity index (χ0) is 17.6. The van der Waals surface area contributed by atoms with Crippen molar-refractivity contribution in [2.75, 3.05) is 20.2 Å². The molecule has 0 radical (unpaired) electrons. The largest absolute Gasteiger partial charge is 0.497 e. The molecule has 0 aliphatic carbocycles. The molecule has 4 heteroatoms. The number of likely N-dealkylation sites (tertiary alicyclic amines) is 1. The van der Waals surface area contributed by atoms with Crippen molar-refractivity contribution in [3.63, 3.8) is 0 Å². The van der Waals surface area contributed by atoms with E-state index in [0.29, 0.717) is 5.56 Å². The van der Waals surface area contributed by atoms with Crippen molar-refractivity contribution < 1.29 is 9.53 Å². The Labute approximate surface area is 149 Å². The molecule has 3 rings (SSSR count). The van der Waals surface area contributed by atoms with Crippen LogP contribution in [0.2, 0.25) is 0 Å². The summed E-state index contributed by atoms with van der Waals surface area (Å²) >= 11 is 0. The zero-order valence-electron chi connectivity index (χ0n) is 15.0. The van der Waals surface area contributed by atoms with Crippen LogP contribution < -0.4 is 10.1 Å². The standard InChI is InChI=1S/C21H26N2O2/c1-16(18-9-11-20(25-2)12-10-18)22-21(24)19-7-5-17(6-8-19)15-23-13-3-4-14-23/h5-12,16H,3-4,13-15H2,1-2H3,(H,22,24)/t16-/m1/s1. The van der Waals surface area contributed by atoms with Crippen molar-refractivity contribution in [2.45, 2.75) is 32.4 Å². The first kappa shape index (κ1) is 17.5. The number of methoxy groups -OCH3 is 1. The fourth-order valence-electron chi connectivity index (χ4n) is 3.22. The van der Waals surface area contributed by atoms with Gasteiger partial charge in [-0.2, -0.15) is 0 Å². The number of amides is 1. The monoisotopic (exact) mass is 338 g/mol. The Morgan fingerprint density at radius 2 is 1.72 bits per heavy atom. The van der Waals surface area contributed by atoms with Gasteiger partial charge in [-0.15, -0.1) is 0 Å². The second-order valence-corrected chi connectivity index (χ2v) is 6.65. The number of benzene rings is 2. The van der Waals surface area contributed by atoms with Gasteiger partial charge in [-0.05, 0) is 68.2 Å². The van der Waals surface area contributed by atoms with Crippen LogP contribution in [0, 0.1) is 0 Å². The third kappa shape index (κ3) is 4.60. The molecule has 1 atom stereocenters. The van der Waals surface area contributed by atoms with Gasteiger partial charge in [0.05, 0.1) is 13.2 Å². The van der Waals surface area contributed by atoms with Gasteiger partial charge in [-0.3, -0.25) is 9.69 Å². The van der Waals surface area contributed by atoms with Crippen LogP contribution in [0.1, 0.15) is 47.3 Å². The van der Waals surface area contributed by atoms with E-state index in [1.165, 1.54) is 31.5 Å². The molecule has 1 aliphatic rings. The van der Waals surface area contributed by atoms with Gasteiger partial charge in [0.2, 0.25) is 0 Å². The van der Waals surface area contributed by atoms with Crippen LogP contribution in [0.5, 0.6) is 5.75 Å². The number of rotatable bonds is 6. The van der Waals surface area contributed by atoms with Gasteiger partial charge in [0, 0.05) is 12.1 Å². The second kappa shape index (κ2) is 8.17. The minimum atomic E-state index is -0.0531. The fourth-order valence-corrected chi connectivity index (χ4v) is 3.22. The number of hydrogen-bond donors (Lipinski definition) is 1. The summed E-state index contributed by atoms with van der Waals surface area (Å²) in [6.07, 6.45) is 2.59. The summed E-state index contributed by atoms with van der Waals surface area (Å²) in [6.45, 7) is 5.33. The Bertz CT molecular complexity index is 689. The van der Waals surface area contributed by atoms with Crippen molar-refractivity contribution in [3.8, 4) is 5.75 Å². The van der Waals surface area contributed by atoms with Crippen LogP contribution in [-0.2, 0) is 6.54 Å². The summed E-state index contributed by atoms with van der Waals surface area (Å²) in [4.78, 5) is 14.9. The minimum Gasteiger partial charge on any atom is -0.497 e. The van der Waals surface area contributed by atoms with Gasteiger partial charge in [-0.1, -0.05) is 24.3 Å². The topological polar surface area (TPSA) is 41.6 Å². The van der Waals surface area contributed by atoms with Gasteiger partial charge < -0.3 is 10.1 Å². The maximum atomic E-state index is 12.5. The SMILES string of the molecule is COc1ccc([C@@H](C)NC(=O)c2ccc(CN3CCCC3)cc2)cc1. The zero-order valence-corrected chi connectivity index (χ0v) is 15.0. The Morgan fingerprint density at radius 3 is 2.32 bits per heavy atom. The molecule has 25 heavy (non-hydrogen) atoms. The molecular formula is C21H26N2O2. The summed E-state index contributed by atoms with van der Waals surface area (Å²) in [5, 5.41) is 3.05. The second-order valence-electron chi connectivity index (χ2n) is 6.65.